The highest BCUT2D eigenvalue weighted by Crippen LogP contribution is 2.25. The Morgan fingerprint density at radius 2 is 1.75 bits per heavy atom. The van der Waals surface area contributed by atoms with Crippen LogP contribution in [0.1, 0.15) is 48.1 Å². The fourth-order valence-corrected chi connectivity index (χ4v) is 3.25. The smallest absolute Gasteiger partial charge is 0.0815 e. The molecular formula is C17H27NO2. The third-order valence-corrected chi connectivity index (χ3v) is 4.33. The molecule has 112 valence electrons. The number of ether oxygens (including phenoxy) is 1. The van der Waals surface area contributed by atoms with E-state index in [-0.39, 0.29) is 6.04 Å². The van der Waals surface area contributed by atoms with Gasteiger partial charge in [-0.2, -0.15) is 0 Å². The van der Waals surface area contributed by atoms with Crippen LogP contribution in [-0.4, -0.2) is 30.5 Å². The van der Waals surface area contributed by atoms with Gasteiger partial charge in [0.2, 0.25) is 0 Å². The van der Waals surface area contributed by atoms with Gasteiger partial charge in [0, 0.05) is 38.6 Å². The Bertz CT molecular complexity index is 441. The highest BCUT2D eigenvalue weighted by atomic mass is 16.5. The number of benzene rings is 1. The number of aryl methyl sites for hydroxylation is 3. The minimum absolute atomic E-state index is 0.252. The van der Waals surface area contributed by atoms with E-state index in [1.54, 1.807) is 0 Å². The molecule has 3 nitrogen and oxygen atoms in total. The molecular weight excluding hydrogens is 250 g/mol. The van der Waals surface area contributed by atoms with Gasteiger partial charge in [-0.1, -0.05) is 17.7 Å². The zero-order valence-electron chi connectivity index (χ0n) is 13.1. The van der Waals surface area contributed by atoms with Gasteiger partial charge in [-0.05, 0) is 44.4 Å². The second-order valence-electron chi connectivity index (χ2n) is 6.25. The molecule has 1 saturated heterocycles. The monoisotopic (exact) mass is 277 g/mol. The number of aliphatic hydroxyl groups is 1. The molecule has 0 aromatic heterocycles. The molecule has 0 aliphatic carbocycles. The van der Waals surface area contributed by atoms with Crippen molar-refractivity contribution in [3.63, 3.8) is 0 Å². The van der Waals surface area contributed by atoms with Crippen LogP contribution in [0.2, 0.25) is 0 Å². The van der Waals surface area contributed by atoms with Gasteiger partial charge in [-0.15, -0.1) is 0 Å². The predicted molar refractivity (Wildman–Crippen MR) is 82.1 cm³/mol. The van der Waals surface area contributed by atoms with Crippen molar-refractivity contribution < 1.29 is 9.84 Å². The third kappa shape index (κ3) is 3.60. The summed E-state index contributed by atoms with van der Waals surface area (Å²) in [6, 6.07) is 4.70. The first-order valence-electron chi connectivity index (χ1n) is 7.52. The molecule has 0 spiro atoms. The SMILES string of the molecule is Cc1cc(C)c(C(C)NCC2(O)CCOCC2)c(C)c1. The van der Waals surface area contributed by atoms with Crippen molar-refractivity contribution in [3.05, 3.63) is 34.4 Å². The molecule has 1 aliphatic rings. The topological polar surface area (TPSA) is 41.5 Å². The summed E-state index contributed by atoms with van der Waals surface area (Å²) in [5, 5.41) is 14.0. The van der Waals surface area contributed by atoms with Crippen LogP contribution < -0.4 is 5.32 Å². The average Bonchev–Trinajstić information content (AvgIpc) is 2.36. The van der Waals surface area contributed by atoms with Crippen LogP contribution in [0.5, 0.6) is 0 Å². The van der Waals surface area contributed by atoms with Gasteiger partial charge < -0.3 is 15.2 Å². The van der Waals surface area contributed by atoms with Gasteiger partial charge in [-0.25, -0.2) is 0 Å². The van der Waals surface area contributed by atoms with Crippen molar-refractivity contribution in [2.24, 2.45) is 0 Å². The molecule has 0 bridgehead atoms. The maximum Gasteiger partial charge on any atom is 0.0815 e. The Labute approximate surface area is 122 Å². The standard InChI is InChI=1S/C17H27NO2/c1-12-9-13(2)16(14(3)10-12)15(4)18-11-17(19)5-7-20-8-6-17/h9-10,15,18-19H,5-8,11H2,1-4H3. The lowest BCUT2D eigenvalue weighted by Crippen LogP contribution is -2.45. The number of hydrogen-bond acceptors (Lipinski definition) is 3. The highest BCUT2D eigenvalue weighted by Gasteiger charge is 2.30. The van der Waals surface area contributed by atoms with Crippen LogP contribution >= 0.6 is 0 Å². The maximum absolute atomic E-state index is 10.5. The fourth-order valence-electron chi connectivity index (χ4n) is 3.25. The average molecular weight is 277 g/mol. The minimum atomic E-state index is -0.612. The highest BCUT2D eigenvalue weighted by molar-refractivity contribution is 5.39. The number of hydrogen-bond donors (Lipinski definition) is 2. The van der Waals surface area contributed by atoms with Crippen LogP contribution in [-0.2, 0) is 4.74 Å². The summed E-state index contributed by atoms with van der Waals surface area (Å²) < 4.78 is 5.32. The molecule has 1 aromatic carbocycles. The van der Waals surface area contributed by atoms with E-state index in [1.807, 2.05) is 0 Å². The number of rotatable bonds is 4. The molecule has 1 unspecified atom stereocenters. The van der Waals surface area contributed by atoms with E-state index in [4.69, 9.17) is 4.74 Å². The molecule has 1 aromatic rings. The van der Waals surface area contributed by atoms with Gasteiger partial charge in [0.15, 0.2) is 0 Å². The second-order valence-corrected chi connectivity index (χ2v) is 6.25. The summed E-state index contributed by atoms with van der Waals surface area (Å²) in [6.45, 7) is 10.6. The van der Waals surface area contributed by atoms with E-state index in [0.717, 1.165) is 12.8 Å². The third-order valence-electron chi connectivity index (χ3n) is 4.33. The van der Waals surface area contributed by atoms with Crippen molar-refractivity contribution in [2.45, 2.75) is 52.2 Å². The molecule has 0 amide bonds. The molecule has 20 heavy (non-hydrogen) atoms. The summed E-state index contributed by atoms with van der Waals surface area (Å²) in [6.07, 6.45) is 1.44. The zero-order valence-corrected chi connectivity index (χ0v) is 13.1. The Balaban J connectivity index is 2.03. The first kappa shape index (κ1) is 15.5. The van der Waals surface area contributed by atoms with Crippen molar-refractivity contribution >= 4 is 0 Å². The summed E-state index contributed by atoms with van der Waals surface area (Å²) >= 11 is 0. The van der Waals surface area contributed by atoms with E-state index in [1.165, 1.54) is 22.3 Å². The normalized spacial score (nSPS) is 19.9. The van der Waals surface area contributed by atoms with Crippen LogP contribution in [0.4, 0.5) is 0 Å². The molecule has 1 fully saturated rings. The summed E-state index contributed by atoms with van der Waals surface area (Å²) in [5.74, 6) is 0. The zero-order chi connectivity index (χ0) is 14.8. The number of nitrogens with one attached hydrogen (secondary N) is 1. The summed E-state index contributed by atoms with van der Waals surface area (Å²) in [7, 11) is 0. The maximum atomic E-state index is 10.5. The lowest BCUT2D eigenvalue weighted by atomic mass is 9.92. The fraction of sp³-hybridized carbons (Fsp3) is 0.647. The van der Waals surface area contributed by atoms with Gasteiger partial charge >= 0.3 is 0 Å². The van der Waals surface area contributed by atoms with E-state index in [2.05, 4.69) is 45.1 Å². The largest absolute Gasteiger partial charge is 0.388 e. The molecule has 1 atom stereocenters. The lowest BCUT2D eigenvalue weighted by molar-refractivity contribution is -0.0626. The summed E-state index contributed by atoms with van der Waals surface area (Å²) in [4.78, 5) is 0. The Morgan fingerprint density at radius 3 is 2.30 bits per heavy atom. The molecule has 1 heterocycles. The molecule has 2 N–H and O–H groups in total. The van der Waals surface area contributed by atoms with Crippen molar-refractivity contribution in [2.75, 3.05) is 19.8 Å². The quantitative estimate of drug-likeness (QED) is 0.889. The van der Waals surface area contributed by atoms with Gasteiger partial charge in [-0.3, -0.25) is 0 Å². The molecule has 0 saturated carbocycles. The van der Waals surface area contributed by atoms with E-state index in [9.17, 15) is 5.11 Å². The Hall–Kier alpha value is -0.900. The van der Waals surface area contributed by atoms with Gasteiger partial charge in [0.25, 0.3) is 0 Å². The van der Waals surface area contributed by atoms with Gasteiger partial charge in [0.1, 0.15) is 0 Å². The summed E-state index contributed by atoms with van der Waals surface area (Å²) in [5.41, 5.74) is 4.69. The Morgan fingerprint density at radius 1 is 1.20 bits per heavy atom. The van der Waals surface area contributed by atoms with Gasteiger partial charge in [0.05, 0.1) is 5.60 Å². The molecule has 2 rings (SSSR count). The van der Waals surface area contributed by atoms with Crippen LogP contribution in [0.3, 0.4) is 0 Å². The van der Waals surface area contributed by atoms with E-state index < -0.39 is 5.60 Å². The van der Waals surface area contributed by atoms with Crippen LogP contribution in [0, 0.1) is 20.8 Å². The van der Waals surface area contributed by atoms with Crippen molar-refractivity contribution in [1.82, 2.24) is 5.32 Å². The minimum Gasteiger partial charge on any atom is -0.388 e. The van der Waals surface area contributed by atoms with Crippen LogP contribution in [0.15, 0.2) is 12.1 Å². The molecule has 1 aliphatic heterocycles. The van der Waals surface area contributed by atoms with Crippen molar-refractivity contribution in [1.29, 1.82) is 0 Å². The second kappa shape index (κ2) is 6.25. The Kier molecular flexibility index (Phi) is 4.84. The van der Waals surface area contributed by atoms with E-state index in [0.29, 0.717) is 19.8 Å². The first-order chi connectivity index (χ1) is 9.41. The lowest BCUT2D eigenvalue weighted by Gasteiger charge is -2.33. The molecule has 3 heteroatoms. The van der Waals surface area contributed by atoms with E-state index >= 15 is 0 Å². The van der Waals surface area contributed by atoms with Crippen LogP contribution in [0.25, 0.3) is 0 Å². The predicted octanol–water partition coefficient (Wildman–Crippen LogP) is 2.80. The first-order valence-corrected chi connectivity index (χ1v) is 7.52. The molecule has 0 radical (unpaired) electrons. The van der Waals surface area contributed by atoms with Crippen molar-refractivity contribution in [3.8, 4) is 0 Å².